The topological polar surface area (TPSA) is 60.9 Å². The third-order valence-electron chi connectivity index (χ3n) is 3.84. The number of urea groups is 1. The molecule has 1 aliphatic heterocycles. The second-order valence-corrected chi connectivity index (χ2v) is 5.68. The van der Waals surface area contributed by atoms with Gasteiger partial charge in [-0.3, -0.25) is 4.79 Å². The van der Waals surface area contributed by atoms with Gasteiger partial charge in [-0.25, -0.2) is 4.79 Å². The molecule has 114 valence electrons. The van der Waals surface area contributed by atoms with Crippen molar-refractivity contribution in [3.63, 3.8) is 0 Å². The third-order valence-corrected chi connectivity index (χ3v) is 3.84. The van der Waals surface area contributed by atoms with E-state index < -0.39 is 5.97 Å². The summed E-state index contributed by atoms with van der Waals surface area (Å²) in [7, 11) is 1.79. The summed E-state index contributed by atoms with van der Waals surface area (Å²) in [5.41, 5.74) is 1.09. The Morgan fingerprint density at radius 2 is 2.05 bits per heavy atom. The number of hydrogen-bond donors (Lipinski definition) is 1. The molecule has 0 saturated carbocycles. The minimum absolute atomic E-state index is 0.0195. The lowest BCUT2D eigenvalue weighted by atomic mass is 9.95. The molecule has 0 aliphatic carbocycles. The molecule has 1 saturated heterocycles. The van der Waals surface area contributed by atoms with Gasteiger partial charge in [0.05, 0.1) is 0 Å². The van der Waals surface area contributed by atoms with Crippen LogP contribution in [0, 0.1) is 5.92 Å². The molecule has 1 aliphatic rings. The van der Waals surface area contributed by atoms with Crippen molar-refractivity contribution in [3.05, 3.63) is 35.9 Å². The molecule has 5 nitrogen and oxygen atoms in total. The molecular formula is C16H22N2O3. The lowest BCUT2D eigenvalue weighted by Crippen LogP contribution is -2.46. The van der Waals surface area contributed by atoms with Crippen LogP contribution in [0.15, 0.2) is 30.3 Å². The molecule has 0 aromatic heterocycles. The Balaban J connectivity index is 1.91. The van der Waals surface area contributed by atoms with Crippen LogP contribution >= 0.6 is 0 Å². The van der Waals surface area contributed by atoms with Crippen LogP contribution in [0.25, 0.3) is 0 Å². The van der Waals surface area contributed by atoms with Crippen molar-refractivity contribution in [2.24, 2.45) is 5.92 Å². The first-order valence-corrected chi connectivity index (χ1v) is 7.32. The Kier molecular flexibility index (Phi) is 5.20. The molecule has 1 aromatic carbocycles. The van der Waals surface area contributed by atoms with E-state index in [9.17, 15) is 9.59 Å². The number of hydrogen-bond acceptors (Lipinski definition) is 2. The van der Waals surface area contributed by atoms with Gasteiger partial charge in [0.25, 0.3) is 0 Å². The SMILES string of the molecule is CN(Cc1ccccc1)C(=O)N1CCCC(CC(=O)O)C1. The highest BCUT2D eigenvalue weighted by molar-refractivity contribution is 5.74. The maximum atomic E-state index is 12.4. The second kappa shape index (κ2) is 7.11. The molecule has 0 spiro atoms. The molecule has 21 heavy (non-hydrogen) atoms. The number of carbonyl (C=O) groups is 2. The van der Waals surface area contributed by atoms with Crippen LogP contribution in [0.5, 0.6) is 0 Å². The highest BCUT2D eigenvalue weighted by Gasteiger charge is 2.26. The first-order valence-electron chi connectivity index (χ1n) is 7.32. The number of amides is 2. The van der Waals surface area contributed by atoms with Crippen LogP contribution in [-0.4, -0.2) is 47.0 Å². The standard InChI is InChI=1S/C16H22N2O3/c1-17(11-13-6-3-2-4-7-13)16(21)18-9-5-8-14(12-18)10-15(19)20/h2-4,6-7,14H,5,8-12H2,1H3,(H,19,20). The number of carboxylic acid groups (broad SMARTS) is 1. The van der Waals surface area contributed by atoms with Gasteiger partial charge in [0, 0.05) is 33.1 Å². The summed E-state index contributed by atoms with van der Waals surface area (Å²) in [6.45, 7) is 1.83. The highest BCUT2D eigenvalue weighted by atomic mass is 16.4. The molecule has 1 heterocycles. The number of likely N-dealkylation sites (tertiary alicyclic amines) is 1. The zero-order chi connectivity index (χ0) is 15.2. The summed E-state index contributed by atoms with van der Waals surface area (Å²) in [6, 6.07) is 9.83. The predicted octanol–water partition coefficient (Wildman–Crippen LogP) is 2.43. The third kappa shape index (κ3) is 4.48. The Morgan fingerprint density at radius 3 is 2.71 bits per heavy atom. The number of benzene rings is 1. The van der Waals surface area contributed by atoms with Gasteiger partial charge in [0.1, 0.15) is 0 Å². The Bertz CT molecular complexity index is 490. The minimum Gasteiger partial charge on any atom is -0.481 e. The zero-order valence-corrected chi connectivity index (χ0v) is 12.4. The van der Waals surface area contributed by atoms with Gasteiger partial charge in [-0.05, 0) is 24.3 Å². The van der Waals surface area contributed by atoms with Crippen LogP contribution in [0.3, 0.4) is 0 Å². The van der Waals surface area contributed by atoms with E-state index in [1.165, 1.54) is 0 Å². The van der Waals surface area contributed by atoms with E-state index in [1.54, 1.807) is 16.8 Å². The average Bonchev–Trinajstić information content (AvgIpc) is 2.47. The fourth-order valence-electron chi connectivity index (χ4n) is 2.82. The summed E-state index contributed by atoms with van der Waals surface area (Å²) in [4.78, 5) is 26.7. The molecule has 5 heteroatoms. The number of rotatable bonds is 4. The maximum absolute atomic E-state index is 12.4. The Hall–Kier alpha value is -2.04. The van der Waals surface area contributed by atoms with Crippen LogP contribution in [0.2, 0.25) is 0 Å². The van der Waals surface area contributed by atoms with Crippen molar-refractivity contribution >= 4 is 12.0 Å². The van der Waals surface area contributed by atoms with Gasteiger partial charge in [0.2, 0.25) is 0 Å². The number of nitrogens with zero attached hydrogens (tertiary/aromatic N) is 2. The molecule has 1 fully saturated rings. The molecule has 1 N–H and O–H groups in total. The van der Waals surface area contributed by atoms with Gasteiger partial charge in [-0.15, -0.1) is 0 Å². The summed E-state index contributed by atoms with van der Waals surface area (Å²) in [5, 5.41) is 8.88. The Morgan fingerprint density at radius 1 is 1.33 bits per heavy atom. The van der Waals surface area contributed by atoms with E-state index >= 15 is 0 Å². The van der Waals surface area contributed by atoms with Crippen LogP contribution < -0.4 is 0 Å². The number of aliphatic carboxylic acids is 1. The molecule has 1 unspecified atom stereocenters. The maximum Gasteiger partial charge on any atom is 0.320 e. The average molecular weight is 290 g/mol. The number of carbonyl (C=O) groups excluding carboxylic acids is 1. The van der Waals surface area contributed by atoms with Crippen molar-refractivity contribution in [1.29, 1.82) is 0 Å². The van der Waals surface area contributed by atoms with E-state index in [4.69, 9.17) is 5.11 Å². The zero-order valence-electron chi connectivity index (χ0n) is 12.4. The first-order chi connectivity index (χ1) is 10.1. The van der Waals surface area contributed by atoms with Crippen LogP contribution in [0.1, 0.15) is 24.8 Å². The van der Waals surface area contributed by atoms with Gasteiger partial charge in [-0.2, -0.15) is 0 Å². The number of carboxylic acids is 1. The molecular weight excluding hydrogens is 268 g/mol. The molecule has 2 rings (SSSR count). The van der Waals surface area contributed by atoms with Gasteiger partial charge in [0.15, 0.2) is 0 Å². The first kappa shape index (κ1) is 15.4. The van der Waals surface area contributed by atoms with Gasteiger partial charge in [-0.1, -0.05) is 30.3 Å². The normalized spacial score (nSPS) is 18.3. The minimum atomic E-state index is -0.785. The van der Waals surface area contributed by atoms with Crippen LogP contribution in [0.4, 0.5) is 4.79 Å². The highest BCUT2D eigenvalue weighted by Crippen LogP contribution is 2.20. The van der Waals surface area contributed by atoms with Crippen LogP contribution in [-0.2, 0) is 11.3 Å². The largest absolute Gasteiger partial charge is 0.481 e. The van der Waals surface area contributed by atoms with Crippen molar-refractivity contribution in [3.8, 4) is 0 Å². The van der Waals surface area contributed by atoms with Crippen molar-refractivity contribution < 1.29 is 14.7 Å². The van der Waals surface area contributed by atoms with Crippen molar-refractivity contribution in [2.75, 3.05) is 20.1 Å². The number of piperidine rings is 1. The van der Waals surface area contributed by atoms with E-state index in [0.29, 0.717) is 19.6 Å². The summed E-state index contributed by atoms with van der Waals surface area (Å²) < 4.78 is 0. The van der Waals surface area contributed by atoms with Crippen molar-refractivity contribution in [1.82, 2.24) is 9.80 Å². The quantitative estimate of drug-likeness (QED) is 0.926. The molecule has 1 atom stereocenters. The fourth-order valence-corrected chi connectivity index (χ4v) is 2.82. The predicted molar refractivity (Wildman–Crippen MR) is 79.9 cm³/mol. The monoisotopic (exact) mass is 290 g/mol. The van der Waals surface area contributed by atoms with Gasteiger partial charge < -0.3 is 14.9 Å². The smallest absolute Gasteiger partial charge is 0.320 e. The molecule has 0 bridgehead atoms. The fraction of sp³-hybridized carbons (Fsp3) is 0.500. The summed E-state index contributed by atoms with van der Waals surface area (Å²) in [6.07, 6.45) is 1.91. The Labute approximate surface area is 125 Å². The molecule has 0 radical (unpaired) electrons. The lowest BCUT2D eigenvalue weighted by Gasteiger charge is -2.34. The van der Waals surface area contributed by atoms with E-state index in [2.05, 4.69) is 0 Å². The molecule has 2 amide bonds. The summed E-state index contributed by atoms with van der Waals surface area (Å²) in [5.74, 6) is -0.711. The van der Waals surface area contributed by atoms with Crippen molar-refractivity contribution in [2.45, 2.75) is 25.8 Å². The molecule has 1 aromatic rings. The van der Waals surface area contributed by atoms with E-state index in [1.807, 2.05) is 30.3 Å². The lowest BCUT2D eigenvalue weighted by molar-refractivity contribution is -0.138. The van der Waals surface area contributed by atoms with E-state index in [0.717, 1.165) is 18.4 Å². The van der Waals surface area contributed by atoms with E-state index in [-0.39, 0.29) is 18.4 Å². The second-order valence-electron chi connectivity index (χ2n) is 5.68. The summed E-state index contributed by atoms with van der Waals surface area (Å²) >= 11 is 0. The van der Waals surface area contributed by atoms with Gasteiger partial charge >= 0.3 is 12.0 Å².